The van der Waals surface area contributed by atoms with Gasteiger partial charge in [-0.05, 0) is 117 Å². The highest BCUT2D eigenvalue weighted by Gasteiger charge is 2.53. The number of hydrogen-bond acceptors (Lipinski definition) is 4. The predicted molar refractivity (Wildman–Crippen MR) is 162 cm³/mol. The zero-order valence-corrected chi connectivity index (χ0v) is 23.9. The number of anilines is 1. The molecule has 0 aliphatic heterocycles. The van der Waals surface area contributed by atoms with Crippen molar-refractivity contribution in [3.63, 3.8) is 0 Å². The number of para-hydroxylation sites is 1. The van der Waals surface area contributed by atoms with Crippen molar-refractivity contribution in [2.45, 2.75) is 67.8 Å². The van der Waals surface area contributed by atoms with E-state index in [2.05, 4.69) is 43.4 Å². The second-order valence-electron chi connectivity index (χ2n) is 12.4. The van der Waals surface area contributed by atoms with E-state index in [0.29, 0.717) is 29.0 Å². The standard InChI is InChI=1S/C35H35NO3S/c1-21-12-22(2)14-27(13-21)40-31-9-5-6-26-10-11-29(33(37)32(26)31)28-7-3-4-8-30(28)36-34(38)39-35-18-23-15-24(19-35)17-25(16-23)20-35/h3-14,23-25,37H,15-20H2,1-2H3,(H,36,38). The van der Waals surface area contributed by atoms with Crippen molar-refractivity contribution >= 4 is 34.3 Å². The molecular formula is C35H35NO3S. The Morgan fingerprint density at radius 3 is 2.23 bits per heavy atom. The molecule has 4 aliphatic rings. The summed E-state index contributed by atoms with van der Waals surface area (Å²) in [5.41, 5.74) is 4.23. The first-order chi connectivity index (χ1) is 19.3. The molecule has 4 aliphatic carbocycles. The summed E-state index contributed by atoms with van der Waals surface area (Å²) < 4.78 is 6.23. The third kappa shape index (κ3) is 4.75. The Morgan fingerprint density at radius 1 is 0.850 bits per heavy atom. The van der Waals surface area contributed by atoms with Crippen LogP contribution < -0.4 is 5.32 Å². The molecule has 4 saturated carbocycles. The number of rotatable bonds is 5. The van der Waals surface area contributed by atoms with Gasteiger partial charge in [0.05, 0.1) is 5.69 Å². The van der Waals surface area contributed by atoms with Gasteiger partial charge in [0, 0.05) is 26.3 Å². The van der Waals surface area contributed by atoms with E-state index in [1.165, 1.54) is 30.4 Å². The Labute approximate surface area is 240 Å². The number of amides is 1. The normalized spacial score (nSPS) is 24.8. The Kier molecular flexibility index (Phi) is 6.31. The minimum Gasteiger partial charge on any atom is -0.507 e. The molecule has 0 saturated heterocycles. The van der Waals surface area contributed by atoms with Crippen molar-refractivity contribution in [1.82, 2.24) is 0 Å². The van der Waals surface area contributed by atoms with E-state index in [1.807, 2.05) is 48.5 Å². The summed E-state index contributed by atoms with van der Waals surface area (Å²) in [6, 6.07) is 24.3. The molecule has 1 amide bonds. The minimum atomic E-state index is -0.388. The minimum absolute atomic E-state index is 0.216. The SMILES string of the molecule is Cc1cc(C)cc(Sc2cccc3ccc(-c4ccccc4NC(=O)OC45CC6CC(CC(C6)C4)C5)c(O)c23)c1. The van der Waals surface area contributed by atoms with Crippen molar-refractivity contribution in [1.29, 1.82) is 0 Å². The van der Waals surface area contributed by atoms with Gasteiger partial charge in [-0.1, -0.05) is 54.2 Å². The second-order valence-corrected chi connectivity index (χ2v) is 13.5. The first-order valence-electron chi connectivity index (χ1n) is 14.4. The first kappa shape index (κ1) is 25.5. The number of phenols is 1. The van der Waals surface area contributed by atoms with Gasteiger partial charge < -0.3 is 9.84 Å². The second kappa shape index (κ2) is 9.88. The van der Waals surface area contributed by atoms with Crippen molar-refractivity contribution in [2.75, 3.05) is 5.32 Å². The number of aromatic hydroxyl groups is 1. The lowest BCUT2D eigenvalue weighted by atomic mass is 9.54. The maximum Gasteiger partial charge on any atom is 0.412 e. The van der Waals surface area contributed by atoms with Gasteiger partial charge in [-0.3, -0.25) is 5.32 Å². The molecule has 0 radical (unpaired) electrons. The van der Waals surface area contributed by atoms with E-state index in [0.717, 1.165) is 45.4 Å². The number of aryl methyl sites for hydroxylation is 2. The molecule has 4 bridgehead atoms. The van der Waals surface area contributed by atoms with Crippen LogP contribution in [0, 0.1) is 31.6 Å². The quantitative estimate of drug-likeness (QED) is 0.260. The van der Waals surface area contributed by atoms with E-state index >= 15 is 0 Å². The number of nitrogens with one attached hydrogen (secondary N) is 1. The van der Waals surface area contributed by atoms with Gasteiger partial charge in [0.2, 0.25) is 0 Å². The molecule has 0 aromatic heterocycles. The summed E-state index contributed by atoms with van der Waals surface area (Å²) >= 11 is 1.66. The first-order valence-corrected chi connectivity index (χ1v) is 15.3. The molecule has 40 heavy (non-hydrogen) atoms. The van der Waals surface area contributed by atoms with Crippen LogP contribution in [0.25, 0.3) is 21.9 Å². The summed E-state index contributed by atoms with van der Waals surface area (Å²) in [6.07, 6.45) is 6.52. The van der Waals surface area contributed by atoms with Gasteiger partial charge in [0.1, 0.15) is 11.4 Å². The summed E-state index contributed by atoms with van der Waals surface area (Å²) in [6.45, 7) is 4.21. The lowest BCUT2D eigenvalue weighted by Crippen LogP contribution is -2.53. The van der Waals surface area contributed by atoms with Crippen LogP contribution >= 0.6 is 11.8 Å². The summed E-state index contributed by atoms with van der Waals surface area (Å²) in [4.78, 5) is 15.4. The Bertz CT molecular complexity index is 1570. The zero-order chi connectivity index (χ0) is 27.4. The number of phenolic OH excluding ortho intramolecular Hbond substituents is 1. The number of ether oxygens (including phenoxy) is 1. The third-order valence-electron chi connectivity index (χ3n) is 9.15. The Balaban J connectivity index is 1.19. The largest absolute Gasteiger partial charge is 0.507 e. The molecule has 2 N–H and O–H groups in total. The third-order valence-corrected chi connectivity index (χ3v) is 10.2. The summed E-state index contributed by atoms with van der Waals surface area (Å²) in [5, 5.41) is 16.5. The van der Waals surface area contributed by atoms with E-state index < -0.39 is 0 Å². The number of carbonyl (C=O) groups is 1. The monoisotopic (exact) mass is 549 g/mol. The van der Waals surface area contributed by atoms with Gasteiger partial charge in [0.15, 0.2) is 0 Å². The molecule has 8 rings (SSSR count). The molecule has 4 aromatic rings. The maximum absolute atomic E-state index is 13.3. The highest BCUT2D eigenvalue weighted by atomic mass is 32.2. The molecule has 0 spiro atoms. The zero-order valence-electron chi connectivity index (χ0n) is 23.1. The molecule has 4 nitrogen and oxygen atoms in total. The molecule has 0 unspecified atom stereocenters. The molecule has 204 valence electrons. The smallest absolute Gasteiger partial charge is 0.412 e. The average Bonchev–Trinajstić information content (AvgIpc) is 2.88. The van der Waals surface area contributed by atoms with Crippen LogP contribution in [0.15, 0.2) is 82.6 Å². The lowest BCUT2D eigenvalue weighted by molar-refractivity contribution is -0.124. The topological polar surface area (TPSA) is 58.6 Å². The molecule has 0 atom stereocenters. The maximum atomic E-state index is 13.3. The molecule has 5 heteroatoms. The van der Waals surface area contributed by atoms with Crippen LogP contribution in [-0.4, -0.2) is 16.8 Å². The fourth-order valence-electron chi connectivity index (χ4n) is 8.06. The van der Waals surface area contributed by atoms with Gasteiger partial charge in [-0.15, -0.1) is 0 Å². The van der Waals surface area contributed by atoms with Crippen LogP contribution in [0.4, 0.5) is 10.5 Å². The molecule has 4 aromatic carbocycles. The van der Waals surface area contributed by atoms with E-state index in [1.54, 1.807) is 11.8 Å². The molecule has 4 fully saturated rings. The number of carbonyl (C=O) groups excluding carboxylic acids is 1. The Hall–Kier alpha value is -3.44. The fourth-order valence-corrected chi connectivity index (χ4v) is 9.27. The molecular weight excluding hydrogens is 514 g/mol. The average molecular weight is 550 g/mol. The van der Waals surface area contributed by atoms with Crippen molar-refractivity contribution in [3.8, 4) is 16.9 Å². The van der Waals surface area contributed by atoms with Gasteiger partial charge in [-0.2, -0.15) is 0 Å². The van der Waals surface area contributed by atoms with Crippen LogP contribution in [0.5, 0.6) is 5.75 Å². The highest BCUT2D eigenvalue weighted by Crippen LogP contribution is 2.57. The highest BCUT2D eigenvalue weighted by molar-refractivity contribution is 7.99. The van der Waals surface area contributed by atoms with Crippen LogP contribution in [-0.2, 0) is 4.74 Å². The number of hydrogen-bond donors (Lipinski definition) is 2. The van der Waals surface area contributed by atoms with Crippen LogP contribution in [0.2, 0.25) is 0 Å². The number of fused-ring (bicyclic) bond motifs is 1. The summed E-state index contributed by atoms with van der Waals surface area (Å²) in [7, 11) is 0. The van der Waals surface area contributed by atoms with E-state index in [-0.39, 0.29) is 17.4 Å². The lowest BCUT2D eigenvalue weighted by Gasteiger charge is -2.55. The fraction of sp³-hybridized carbons (Fsp3) is 0.343. The van der Waals surface area contributed by atoms with Crippen molar-refractivity contribution < 1.29 is 14.6 Å². The van der Waals surface area contributed by atoms with E-state index in [4.69, 9.17) is 4.74 Å². The van der Waals surface area contributed by atoms with Crippen molar-refractivity contribution in [2.24, 2.45) is 17.8 Å². The van der Waals surface area contributed by atoms with Crippen LogP contribution in [0.1, 0.15) is 49.7 Å². The number of benzene rings is 4. The van der Waals surface area contributed by atoms with Crippen LogP contribution in [0.3, 0.4) is 0 Å². The van der Waals surface area contributed by atoms with E-state index in [9.17, 15) is 9.90 Å². The molecule has 0 heterocycles. The van der Waals surface area contributed by atoms with Gasteiger partial charge in [-0.25, -0.2) is 4.79 Å². The van der Waals surface area contributed by atoms with Crippen molar-refractivity contribution in [3.05, 3.63) is 83.9 Å². The Morgan fingerprint density at radius 2 is 1.52 bits per heavy atom. The predicted octanol–water partition coefficient (Wildman–Crippen LogP) is 9.50. The summed E-state index contributed by atoms with van der Waals surface area (Å²) in [5.74, 6) is 2.33. The van der Waals surface area contributed by atoms with Gasteiger partial charge >= 0.3 is 6.09 Å². The van der Waals surface area contributed by atoms with Gasteiger partial charge in [0.25, 0.3) is 0 Å².